The Hall–Kier alpha value is -1.25. The fraction of sp³-hybridized carbons (Fsp3) is 0.545. The second kappa shape index (κ2) is 4.31. The topological polar surface area (TPSA) is 31.4 Å². The van der Waals surface area contributed by atoms with Gasteiger partial charge in [0.2, 0.25) is 5.88 Å². The molecule has 0 amide bonds. The lowest BCUT2D eigenvalue weighted by molar-refractivity contribution is 0.208. The van der Waals surface area contributed by atoms with Crippen LogP contribution in [-0.2, 0) is 0 Å². The van der Waals surface area contributed by atoms with Crippen LogP contribution < -0.4 is 9.47 Å². The van der Waals surface area contributed by atoms with Gasteiger partial charge in [0.05, 0.1) is 19.4 Å². The molecule has 3 heteroatoms. The van der Waals surface area contributed by atoms with Gasteiger partial charge >= 0.3 is 0 Å². The highest BCUT2D eigenvalue weighted by molar-refractivity contribution is 5.23. The summed E-state index contributed by atoms with van der Waals surface area (Å²) in [5.41, 5.74) is 0. The van der Waals surface area contributed by atoms with Gasteiger partial charge in [-0.1, -0.05) is 0 Å². The third-order valence-electron chi connectivity index (χ3n) is 2.52. The highest BCUT2D eigenvalue weighted by Gasteiger charge is 2.16. The van der Waals surface area contributed by atoms with Crippen molar-refractivity contribution in [1.82, 2.24) is 4.98 Å². The molecule has 0 saturated heterocycles. The highest BCUT2D eigenvalue weighted by atomic mass is 16.5. The molecule has 1 saturated carbocycles. The lowest BCUT2D eigenvalue weighted by Gasteiger charge is -2.12. The average Bonchev–Trinajstić information content (AvgIpc) is 2.72. The second-order valence-corrected chi connectivity index (χ2v) is 3.56. The van der Waals surface area contributed by atoms with Crippen molar-refractivity contribution in [2.75, 3.05) is 7.11 Å². The minimum absolute atomic E-state index is 0.394. The number of ether oxygens (including phenoxy) is 2. The molecule has 0 aromatic carbocycles. The lowest BCUT2D eigenvalue weighted by Crippen LogP contribution is -2.10. The standard InChI is InChI=1S/C11H15NO2/c1-13-11-7-6-10(8-12-11)14-9-4-2-3-5-9/h6-9H,2-5H2,1H3. The van der Waals surface area contributed by atoms with E-state index in [4.69, 9.17) is 9.47 Å². The van der Waals surface area contributed by atoms with Crippen molar-refractivity contribution in [2.24, 2.45) is 0 Å². The van der Waals surface area contributed by atoms with Gasteiger partial charge < -0.3 is 9.47 Å². The molecule has 0 bridgehead atoms. The number of aromatic nitrogens is 1. The molecule has 0 spiro atoms. The van der Waals surface area contributed by atoms with Crippen molar-refractivity contribution < 1.29 is 9.47 Å². The van der Waals surface area contributed by atoms with Gasteiger partial charge in [0, 0.05) is 6.07 Å². The summed E-state index contributed by atoms with van der Waals surface area (Å²) >= 11 is 0. The van der Waals surface area contributed by atoms with Crippen LogP contribution in [0.5, 0.6) is 11.6 Å². The minimum Gasteiger partial charge on any atom is -0.489 e. The zero-order chi connectivity index (χ0) is 9.80. The Morgan fingerprint density at radius 2 is 2.07 bits per heavy atom. The number of methoxy groups -OCH3 is 1. The van der Waals surface area contributed by atoms with Gasteiger partial charge in [0.15, 0.2) is 0 Å². The average molecular weight is 193 g/mol. The summed E-state index contributed by atoms with van der Waals surface area (Å²) in [6.45, 7) is 0. The number of hydrogen-bond donors (Lipinski definition) is 0. The summed E-state index contributed by atoms with van der Waals surface area (Å²) in [6, 6.07) is 3.73. The summed E-state index contributed by atoms with van der Waals surface area (Å²) in [5.74, 6) is 1.47. The Kier molecular flexibility index (Phi) is 2.87. The molecule has 0 N–H and O–H groups in total. The molecular weight excluding hydrogens is 178 g/mol. The molecule has 0 radical (unpaired) electrons. The van der Waals surface area contributed by atoms with Crippen LogP contribution in [0.3, 0.4) is 0 Å². The van der Waals surface area contributed by atoms with Gasteiger partial charge in [-0.2, -0.15) is 0 Å². The summed E-state index contributed by atoms with van der Waals surface area (Å²) in [5, 5.41) is 0. The Morgan fingerprint density at radius 3 is 2.64 bits per heavy atom. The van der Waals surface area contributed by atoms with Crippen molar-refractivity contribution in [3.8, 4) is 11.6 Å². The molecule has 1 heterocycles. The molecule has 76 valence electrons. The van der Waals surface area contributed by atoms with E-state index in [1.807, 2.05) is 12.1 Å². The predicted molar refractivity (Wildman–Crippen MR) is 53.7 cm³/mol. The van der Waals surface area contributed by atoms with E-state index in [2.05, 4.69) is 4.98 Å². The molecule has 0 unspecified atom stereocenters. The van der Waals surface area contributed by atoms with Crippen LogP contribution in [0.2, 0.25) is 0 Å². The zero-order valence-electron chi connectivity index (χ0n) is 8.40. The molecule has 1 aromatic heterocycles. The van der Waals surface area contributed by atoms with Gasteiger partial charge in [-0.3, -0.25) is 0 Å². The third-order valence-corrected chi connectivity index (χ3v) is 2.52. The Bertz CT molecular complexity index is 278. The van der Waals surface area contributed by atoms with Crippen LogP contribution in [0.1, 0.15) is 25.7 Å². The quantitative estimate of drug-likeness (QED) is 0.738. The Morgan fingerprint density at radius 1 is 1.29 bits per heavy atom. The summed E-state index contributed by atoms with van der Waals surface area (Å²) in [4.78, 5) is 4.09. The first kappa shape index (κ1) is 9.31. The number of rotatable bonds is 3. The van der Waals surface area contributed by atoms with Gasteiger partial charge in [0.25, 0.3) is 0 Å². The summed E-state index contributed by atoms with van der Waals surface area (Å²) < 4.78 is 10.7. The van der Waals surface area contributed by atoms with Gasteiger partial charge in [0.1, 0.15) is 5.75 Å². The van der Waals surface area contributed by atoms with E-state index in [-0.39, 0.29) is 0 Å². The SMILES string of the molecule is COc1ccc(OC2CCCC2)cn1. The Balaban J connectivity index is 1.95. The Labute approximate surface area is 84.1 Å². The van der Waals surface area contributed by atoms with Crippen LogP contribution in [0.4, 0.5) is 0 Å². The summed E-state index contributed by atoms with van der Waals surface area (Å²) in [7, 11) is 1.61. The fourth-order valence-corrected chi connectivity index (χ4v) is 1.76. The molecule has 1 aliphatic carbocycles. The normalized spacial score (nSPS) is 16.9. The van der Waals surface area contributed by atoms with E-state index in [1.54, 1.807) is 13.3 Å². The van der Waals surface area contributed by atoms with E-state index in [9.17, 15) is 0 Å². The zero-order valence-corrected chi connectivity index (χ0v) is 8.40. The molecule has 3 nitrogen and oxygen atoms in total. The molecular formula is C11H15NO2. The van der Waals surface area contributed by atoms with Crippen molar-refractivity contribution >= 4 is 0 Å². The lowest BCUT2D eigenvalue weighted by atomic mass is 10.3. The molecule has 2 rings (SSSR count). The maximum absolute atomic E-state index is 5.76. The first-order valence-corrected chi connectivity index (χ1v) is 5.05. The molecule has 0 aliphatic heterocycles. The molecule has 1 aliphatic rings. The first-order chi connectivity index (χ1) is 6.88. The van der Waals surface area contributed by atoms with Gasteiger partial charge in [-0.15, -0.1) is 0 Å². The third kappa shape index (κ3) is 2.16. The maximum atomic E-state index is 5.76. The van der Waals surface area contributed by atoms with Crippen LogP contribution >= 0.6 is 0 Å². The smallest absolute Gasteiger partial charge is 0.213 e. The number of pyridine rings is 1. The van der Waals surface area contributed by atoms with Crippen molar-refractivity contribution in [3.63, 3.8) is 0 Å². The van der Waals surface area contributed by atoms with Crippen molar-refractivity contribution in [2.45, 2.75) is 31.8 Å². The molecule has 1 fully saturated rings. The number of hydrogen-bond acceptors (Lipinski definition) is 3. The van der Waals surface area contributed by atoms with Gasteiger partial charge in [-0.25, -0.2) is 4.98 Å². The van der Waals surface area contributed by atoms with E-state index in [1.165, 1.54) is 25.7 Å². The molecule has 0 atom stereocenters. The van der Waals surface area contributed by atoms with Crippen LogP contribution in [0, 0.1) is 0 Å². The van der Waals surface area contributed by atoms with E-state index >= 15 is 0 Å². The van der Waals surface area contributed by atoms with Gasteiger partial charge in [-0.05, 0) is 31.7 Å². The monoisotopic (exact) mass is 193 g/mol. The first-order valence-electron chi connectivity index (χ1n) is 5.05. The fourth-order valence-electron chi connectivity index (χ4n) is 1.76. The van der Waals surface area contributed by atoms with E-state index in [0.29, 0.717) is 12.0 Å². The predicted octanol–water partition coefficient (Wildman–Crippen LogP) is 2.41. The minimum atomic E-state index is 0.394. The van der Waals surface area contributed by atoms with Crippen molar-refractivity contribution in [3.05, 3.63) is 18.3 Å². The molecule has 1 aromatic rings. The van der Waals surface area contributed by atoms with Crippen LogP contribution in [0.25, 0.3) is 0 Å². The van der Waals surface area contributed by atoms with Crippen LogP contribution in [0.15, 0.2) is 18.3 Å². The summed E-state index contributed by atoms with van der Waals surface area (Å²) in [6.07, 6.45) is 7.03. The van der Waals surface area contributed by atoms with Crippen LogP contribution in [-0.4, -0.2) is 18.2 Å². The largest absolute Gasteiger partial charge is 0.489 e. The van der Waals surface area contributed by atoms with E-state index < -0.39 is 0 Å². The molecule has 14 heavy (non-hydrogen) atoms. The van der Waals surface area contributed by atoms with Crippen molar-refractivity contribution in [1.29, 1.82) is 0 Å². The second-order valence-electron chi connectivity index (χ2n) is 3.56. The van der Waals surface area contributed by atoms with E-state index in [0.717, 1.165) is 5.75 Å². The highest BCUT2D eigenvalue weighted by Crippen LogP contribution is 2.24. The maximum Gasteiger partial charge on any atom is 0.213 e. The number of nitrogens with zero attached hydrogens (tertiary/aromatic N) is 1.